The maximum Gasteiger partial charge on any atom is 0.226 e. The van der Waals surface area contributed by atoms with Gasteiger partial charge in [0.05, 0.1) is 23.3 Å². The Labute approximate surface area is 168 Å². The molecule has 27 heavy (non-hydrogen) atoms. The van der Waals surface area contributed by atoms with Crippen LogP contribution >= 0.6 is 15.9 Å². The number of amides is 1. The minimum Gasteiger partial charge on any atom is -0.346 e. The second-order valence-corrected chi connectivity index (χ2v) is 10.8. The van der Waals surface area contributed by atoms with Crippen molar-refractivity contribution in [3.8, 4) is 11.3 Å². The molecule has 1 aromatic heterocycles. The van der Waals surface area contributed by atoms with Gasteiger partial charge in [-0.05, 0) is 62.8 Å². The third-order valence-corrected chi connectivity index (χ3v) is 7.84. The number of rotatable bonds is 4. The lowest BCUT2D eigenvalue weighted by molar-refractivity contribution is -0.144. The van der Waals surface area contributed by atoms with Crippen LogP contribution in [-0.4, -0.2) is 20.2 Å². The highest BCUT2D eigenvalue weighted by Crippen LogP contribution is 2.64. The number of hydrogen-bond acceptors (Lipinski definition) is 2. The number of carbonyl (C=O) groups excluding carboxylic acids is 1. The van der Waals surface area contributed by atoms with Gasteiger partial charge in [-0.1, -0.05) is 46.3 Å². The summed E-state index contributed by atoms with van der Waals surface area (Å²) in [5, 5.41) is 3.28. The fraction of sp³-hybridized carbons (Fsp3) is 0.545. The largest absolute Gasteiger partial charge is 0.346 e. The summed E-state index contributed by atoms with van der Waals surface area (Å²) in [6, 6.07) is 10.0. The molecular formula is C22H26BrN3O. The van der Waals surface area contributed by atoms with Crippen molar-refractivity contribution in [2.24, 2.45) is 17.3 Å². The normalized spacial score (nSPS) is 35.2. The fourth-order valence-electron chi connectivity index (χ4n) is 6.16. The van der Waals surface area contributed by atoms with Gasteiger partial charge in [0.1, 0.15) is 5.82 Å². The molecule has 2 N–H and O–H groups in total. The average molecular weight is 428 g/mol. The van der Waals surface area contributed by atoms with E-state index in [1.54, 1.807) is 0 Å². The highest BCUT2D eigenvalue weighted by atomic mass is 79.9. The fourth-order valence-corrected chi connectivity index (χ4v) is 7.61. The second-order valence-electron chi connectivity index (χ2n) is 9.14. The van der Waals surface area contributed by atoms with Gasteiger partial charge in [-0.2, -0.15) is 0 Å². The highest BCUT2D eigenvalue weighted by molar-refractivity contribution is 9.10. The summed E-state index contributed by atoms with van der Waals surface area (Å²) < 4.78 is 0.197. The third kappa shape index (κ3) is 3.04. The minimum absolute atomic E-state index is 0.116. The molecule has 2 aromatic rings. The number of carbonyl (C=O) groups is 1. The van der Waals surface area contributed by atoms with E-state index in [4.69, 9.17) is 0 Å². The standard InChI is InChI=1S/C22H26BrN3O/c1-14(19-24-12-18(26-19)17-5-3-2-4-6-17)25-20(27)21-8-15-7-16(9-21)11-22(23,10-15)13-21/h2-6,12,14-16H,7-11,13H2,1H3,(H,24,26)(H,25,27). The molecule has 6 rings (SSSR count). The Bertz CT molecular complexity index is 847. The molecule has 3 atom stereocenters. The van der Waals surface area contributed by atoms with Gasteiger partial charge in [0, 0.05) is 4.32 Å². The molecule has 1 amide bonds. The second kappa shape index (κ2) is 6.20. The van der Waals surface area contributed by atoms with Crippen LogP contribution in [0.4, 0.5) is 0 Å². The Balaban J connectivity index is 1.32. The Morgan fingerprint density at radius 3 is 2.59 bits per heavy atom. The minimum atomic E-state index is -0.184. The van der Waals surface area contributed by atoms with Crippen molar-refractivity contribution in [1.29, 1.82) is 0 Å². The average Bonchev–Trinajstić information content (AvgIpc) is 3.10. The van der Waals surface area contributed by atoms with Gasteiger partial charge in [-0.15, -0.1) is 0 Å². The zero-order valence-electron chi connectivity index (χ0n) is 15.7. The van der Waals surface area contributed by atoms with E-state index in [0.29, 0.717) is 11.8 Å². The lowest BCUT2D eigenvalue weighted by Crippen LogP contribution is -2.58. The van der Waals surface area contributed by atoms with Crippen molar-refractivity contribution in [3.63, 3.8) is 0 Å². The predicted octanol–water partition coefficient (Wildman–Crippen LogP) is 4.99. The van der Waals surface area contributed by atoms with E-state index in [0.717, 1.165) is 36.3 Å². The molecule has 0 radical (unpaired) electrons. The van der Waals surface area contributed by atoms with E-state index in [1.807, 2.05) is 31.3 Å². The van der Waals surface area contributed by atoms with Crippen molar-refractivity contribution < 1.29 is 4.79 Å². The summed E-state index contributed by atoms with van der Waals surface area (Å²) in [5.74, 6) is 2.46. The first kappa shape index (κ1) is 17.5. The summed E-state index contributed by atoms with van der Waals surface area (Å²) >= 11 is 4.00. The number of hydrogen-bond donors (Lipinski definition) is 2. The first-order chi connectivity index (χ1) is 12.9. The molecule has 4 nitrogen and oxygen atoms in total. The van der Waals surface area contributed by atoms with E-state index in [1.165, 1.54) is 19.3 Å². The predicted molar refractivity (Wildman–Crippen MR) is 109 cm³/mol. The number of benzene rings is 1. The molecule has 0 saturated heterocycles. The highest BCUT2D eigenvalue weighted by Gasteiger charge is 2.59. The van der Waals surface area contributed by atoms with Crippen LogP contribution in [0.5, 0.6) is 0 Å². The number of H-pyrrole nitrogens is 1. The van der Waals surface area contributed by atoms with Gasteiger partial charge in [0.25, 0.3) is 0 Å². The quantitative estimate of drug-likeness (QED) is 0.675. The number of nitrogens with zero attached hydrogens (tertiary/aromatic N) is 1. The van der Waals surface area contributed by atoms with E-state index < -0.39 is 0 Å². The van der Waals surface area contributed by atoms with E-state index >= 15 is 0 Å². The Hall–Kier alpha value is -1.62. The monoisotopic (exact) mass is 427 g/mol. The van der Waals surface area contributed by atoms with Gasteiger partial charge in [-0.25, -0.2) is 4.98 Å². The maximum atomic E-state index is 13.3. The number of imidazole rings is 1. The summed E-state index contributed by atoms with van der Waals surface area (Å²) in [7, 11) is 0. The van der Waals surface area contributed by atoms with Crippen LogP contribution in [0, 0.1) is 17.3 Å². The number of halogens is 1. The molecule has 1 heterocycles. The van der Waals surface area contributed by atoms with Crippen LogP contribution in [0.3, 0.4) is 0 Å². The molecule has 0 aliphatic heterocycles. The summed E-state index contributed by atoms with van der Waals surface area (Å²) in [6.07, 6.45) is 8.76. The van der Waals surface area contributed by atoms with Crippen molar-refractivity contribution in [3.05, 3.63) is 42.4 Å². The summed E-state index contributed by atoms with van der Waals surface area (Å²) in [6.45, 7) is 2.02. The number of aromatic amines is 1. The van der Waals surface area contributed by atoms with Gasteiger partial charge in [0.2, 0.25) is 5.91 Å². The van der Waals surface area contributed by atoms with Crippen LogP contribution in [0.15, 0.2) is 36.5 Å². The maximum absolute atomic E-state index is 13.3. The Morgan fingerprint density at radius 1 is 1.22 bits per heavy atom. The van der Waals surface area contributed by atoms with Crippen LogP contribution in [0.25, 0.3) is 11.3 Å². The lowest BCUT2D eigenvalue weighted by Gasteiger charge is -2.59. The number of nitrogens with one attached hydrogen (secondary N) is 2. The smallest absolute Gasteiger partial charge is 0.226 e. The van der Waals surface area contributed by atoms with Crippen LogP contribution in [0.1, 0.15) is 57.3 Å². The molecule has 142 valence electrons. The molecule has 1 aromatic carbocycles. The molecule has 3 unspecified atom stereocenters. The number of aromatic nitrogens is 2. The Morgan fingerprint density at radius 2 is 1.93 bits per heavy atom. The van der Waals surface area contributed by atoms with Gasteiger partial charge in [-0.3, -0.25) is 4.79 Å². The van der Waals surface area contributed by atoms with Crippen molar-refractivity contribution in [2.45, 2.75) is 55.8 Å². The molecule has 4 saturated carbocycles. The first-order valence-electron chi connectivity index (χ1n) is 10.0. The van der Waals surface area contributed by atoms with Crippen molar-refractivity contribution >= 4 is 21.8 Å². The van der Waals surface area contributed by atoms with Crippen LogP contribution in [0.2, 0.25) is 0 Å². The van der Waals surface area contributed by atoms with Crippen molar-refractivity contribution in [2.75, 3.05) is 0 Å². The van der Waals surface area contributed by atoms with Gasteiger partial charge < -0.3 is 10.3 Å². The van der Waals surface area contributed by atoms with Crippen LogP contribution < -0.4 is 5.32 Å². The molecule has 4 bridgehead atoms. The lowest BCUT2D eigenvalue weighted by atomic mass is 9.49. The zero-order valence-corrected chi connectivity index (χ0v) is 17.3. The summed E-state index contributed by atoms with van der Waals surface area (Å²) in [5.41, 5.74) is 1.91. The van der Waals surface area contributed by atoms with E-state index in [-0.39, 0.29) is 21.7 Å². The zero-order chi connectivity index (χ0) is 18.6. The SMILES string of the molecule is CC(NC(=O)C12CC3CC(CC(Br)(C3)C1)C2)c1ncc(-c2ccccc2)[nH]1. The number of alkyl halides is 1. The topological polar surface area (TPSA) is 57.8 Å². The molecule has 5 heteroatoms. The van der Waals surface area contributed by atoms with Gasteiger partial charge >= 0.3 is 0 Å². The Kier molecular flexibility index (Phi) is 4.01. The molecule has 4 aliphatic rings. The molecule has 0 spiro atoms. The van der Waals surface area contributed by atoms with Crippen molar-refractivity contribution in [1.82, 2.24) is 15.3 Å². The van der Waals surface area contributed by atoms with Gasteiger partial charge in [0.15, 0.2) is 0 Å². The van der Waals surface area contributed by atoms with Crippen LogP contribution in [-0.2, 0) is 4.79 Å². The summed E-state index contributed by atoms with van der Waals surface area (Å²) in [4.78, 5) is 21.2. The third-order valence-electron chi connectivity index (χ3n) is 6.91. The van der Waals surface area contributed by atoms with E-state index in [9.17, 15) is 4.79 Å². The molecular weight excluding hydrogens is 402 g/mol. The molecule has 4 aliphatic carbocycles. The van der Waals surface area contributed by atoms with E-state index in [2.05, 4.69) is 43.3 Å². The first-order valence-corrected chi connectivity index (χ1v) is 10.8. The molecule has 4 fully saturated rings.